The molecule has 2 aromatic carbocycles. The predicted molar refractivity (Wildman–Crippen MR) is 98.9 cm³/mol. The third-order valence-corrected chi connectivity index (χ3v) is 4.79. The first-order chi connectivity index (χ1) is 12.5. The lowest BCUT2D eigenvalue weighted by Crippen LogP contribution is -2.33. The van der Waals surface area contributed by atoms with Crippen LogP contribution in [0.4, 0.5) is 0 Å². The maximum atomic E-state index is 12.4. The summed E-state index contributed by atoms with van der Waals surface area (Å²) >= 11 is 12.5. The lowest BCUT2D eigenvalue weighted by atomic mass is 10.1. The Morgan fingerprint density at radius 3 is 2.31 bits per heavy atom. The van der Waals surface area contributed by atoms with Crippen LogP contribution in [0.25, 0.3) is 10.9 Å². The minimum absolute atomic E-state index is 0.261. The summed E-state index contributed by atoms with van der Waals surface area (Å²) in [6.07, 6.45) is 0. The van der Waals surface area contributed by atoms with E-state index in [1.807, 2.05) is 19.1 Å². The number of carbonyl (C=O) groups is 2. The molecule has 2 heterocycles. The summed E-state index contributed by atoms with van der Waals surface area (Å²) in [6, 6.07) is 11.9. The van der Waals surface area contributed by atoms with Gasteiger partial charge in [0.25, 0.3) is 11.8 Å². The number of pyridine rings is 1. The number of carbonyl (C=O) groups excluding carboxylic acids is 2. The molecule has 0 spiro atoms. The van der Waals surface area contributed by atoms with E-state index in [0.29, 0.717) is 27.1 Å². The molecule has 7 heteroatoms. The van der Waals surface area contributed by atoms with Crippen LogP contribution in [-0.4, -0.2) is 28.4 Å². The smallest absolute Gasteiger partial charge is 0.264 e. The number of rotatable bonds is 3. The summed E-state index contributed by atoms with van der Waals surface area (Å²) in [5, 5.41) is 1.39. The Morgan fingerprint density at radius 2 is 1.65 bits per heavy atom. The molecular weight excluding hydrogens is 375 g/mol. The molecule has 0 radical (unpaired) electrons. The minimum atomic E-state index is -0.399. The van der Waals surface area contributed by atoms with E-state index in [-0.39, 0.29) is 17.5 Å². The van der Waals surface area contributed by atoms with E-state index < -0.39 is 11.8 Å². The van der Waals surface area contributed by atoms with Crippen LogP contribution in [-0.2, 0) is 0 Å². The molecule has 0 aliphatic carbocycles. The zero-order valence-electron chi connectivity index (χ0n) is 13.6. The largest absolute Gasteiger partial charge is 0.469 e. The molecule has 0 fully saturated rings. The first-order valence-electron chi connectivity index (χ1n) is 7.81. The van der Waals surface area contributed by atoms with E-state index in [4.69, 9.17) is 27.9 Å². The van der Waals surface area contributed by atoms with Gasteiger partial charge in [0.1, 0.15) is 5.52 Å². The number of hydrogen-bond acceptors (Lipinski definition) is 4. The first kappa shape index (κ1) is 16.8. The Labute approximate surface area is 159 Å². The highest BCUT2D eigenvalue weighted by molar-refractivity contribution is 6.39. The highest BCUT2D eigenvalue weighted by atomic mass is 35.5. The fourth-order valence-corrected chi connectivity index (χ4v) is 3.48. The summed E-state index contributed by atoms with van der Waals surface area (Å²) in [6.45, 7) is 1.57. The molecule has 0 unspecified atom stereocenters. The van der Waals surface area contributed by atoms with Crippen LogP contribution in [0.15, 0.2) is 42.5 Å². The molecule has 1 aliphatic heterocycles. The predicted octanol–water partition coefficient (Wildman–Crippen LogP) is 4.48. The molecule has 0 bridgehead atoms. The molecule has 2 amide bonds. The topological polar surface area (TPSA) is 59.5 Å². The number of imide groups is 1. The molecule has 130 valence electrons. The summed E-state index contributed by atoms with van der Waals surface area (Å²) < 4.78 is 5.75. The van der Waals surface area contributed by atoms with Gasteiger partial charge < -0.3 is 4.74 Å². The van der Waals surface area contributed by atoms with Crippen molar-refractivity contribution in [2.45, 2.75) is 6.92 Å². The number of hydrogen-bond donors (Lipinski definition) is 0. The van der Waals surface area contributed by atoms with Crippen LogP contribution in [0.3, 0.4) is 0 Å². The summed E-state index contributed by atoms with van der Waals surface area (Å²) in [4.78, 5) is 30.4. The number of aryl methyl sites for hydroxylation is 1. The lowest BCUT2D eigenvalue weighted by molar-refractivity contribution is 0.0524. The average Bonchev–Trinajstić information content (AvgIpc) is 2.86. The van der Waals surface area contributed by atoms with Gasteiger partial charge in [-0.05, 0) is 37.3 Å². The molecule has 5 nitrogen and oxygen atoms in total. The van der Waals surface area contributed by atoms with Gasteiger partial charge >= 0.3 is 0 Å². The Balaban J connectivity index is 1.68. The standard InChI is InChI=1S/C19H12Cl2N2O3/c1-10-6-7-13-14(20)8-15(21)17(16(13)22-10)26-9-23-18(24)11-4-2-3-5-12(11)19(23)25/h2-8H,9H2,1H3. The van der Waals surface area contributed by atoms with Crippen LogP contribution in [0.5, 0.6) is 5.75 Å². The van der Waals surface area contributed by atoms with Crippen LogP contribution in [0.2, 0.25) is 10.0 Å². The third-order valence-electron chi connectivity index (χ3n) is 4.19. The Hall–Kier alpha value is -2.63. The molecule has 26 heavy (non-hydrogen) atoms. The van der Waals surface area contributed by atoms with E-state index in [1.165, 1.54) is 0 Å². The SMILES string of the molecule is Cc1ccc2c(Cl)cc(Cl)c(OCN3C(=O)c4ccccc4C3=O)c2n1. The average molecular weight is 387 g/mol. The zero-order valence-corrected chi connectivity index (χ0v) is 15.1. The van der Waals surface area contributed by atoms with E-state index in [2.05, 4.69) is 4.98 Å². The monoisotopic (exact) mass is 386 g/mol. The molecule has 0 saturated heterocycles. The maximum Gasteiger partial charge on any atom is 0.264 e. The molecule has 0 atom stereocenters. The number of nitrogens with zero attached hydrogens (tertiary/aromatic N) is 2. The molecular formula is C19H12Cl2N2O3. The molecule has 1 aromatic heterocycles. The Bertz CT molecular complexity index is 1050. The first-order valence-corrected chi connectivity index (χ1v) is 8.56. The number of aromatic nitrogens is 1. The second kappa shape index (κ2) is 6.27. The van der Waals surface area contributed by atoms with Gasteiger partial charge in [-0.2, -0.15) is 0 Å². The van der Waals surface area contributed by atoms with Crippen molar-refractivity contribution < 1.29 is 14.3 Å². The van der Waals surface area contributed by atoms with E-state index in [1.54, 1.807) is 30.3 Å². The van der Waals surface area contributed by atoms with E-state index >= 15 is 0 Å². The molecule has 0 N–H and O–H groups in total. The highest BCUT2D eigenvalue weighted by Crippen LogP contribution is 2.37. The second-order valence-electron chi connectivity index (χ2n) is 5.88. The van der Waals surface area contributed by atoms with Crippen LogP contribution in [0.1, 0.15) is 26.4 Å². The summed E-state index contributed by atoms with van der Waals surface area (Å²) in [7, 11) is 0. The van der Waals surface area contributed by atoms with Crippen molar-refractivity contribution >= 4 is 45.9 Å². The number of benzene rings is 2. The number of halogens is 2. The van der Waals surface area contributed by atoms with Gasteiger partial charge in [0.2, 0.25) is 0 Å². The summed E-state index contributed by atoms with van der Waals surface area (Å²) in [5.41, 5.74) is 1.98. The fraction of sp³-hybridized carbons (Fsp3) is 0.105. The number of amides is 2. The lowest BCUT2D eigenvalue weighted by Gasteiger charge is -2.17. The number of ether oxygens (including phenoxy) is 1. The van der Waals surface area contributed by atoms with Gasteiger partial charge in [-0.3, -0.25) is 9.59 Å². The third kappa shape index (κ3) is 2.60. The van der Waals surface area contributed by atoms with Crippen LogP contribution in [0, 0.1) is 6.92 Å². The molecule has 3 aromatic rings. The van der Waals surface area contributed by atoms with Crippen molar-refractivity contribution in [1.29, 1.82) is 0 Å². The molecule has 4 rings (SSSR count). The highest BCUT2D eigenvalue weighted by Gasteiger charge is 2.35. The zero-order chi connectivity index (χ0) is 18.4. The van der Waals surface area contributed by atoms with Crippen molar-refractivity contribution in [2.75, 3.05) is 6.73 Å². The molecule has 0 saturated carbocycles. The summed E-state index contributed by atoms with van der Waals surface area (Å²) in [5.74, 6) is -0.514. The van der Waals surface area contributed by atoms with E-state index in [9.17, 15) is 9.59 Å². The van der Waals surface area contributed by atoms with Gasteiger partial charge in [0.05, 0.1) is 21.2 Å². The normalized spacial score (nSPS) is 13.4. The van der Waals surface area contributed by atoms with Crippen molar-refractivity contribution in [3.8, 4) is 5.75 Å². The van der Waals surface area contributed by atoms with Crippen LogP contribution >= 0.6 is 23.2 Å². The van der Waals surface area contributed by atoms with Crippen LogP contribution < -0.4 is 4.74 Å². The molecule has 1 aliphatic rings. The van der Waals surface area contributed by atoms with Crippen molar-refractivity contribution in [1.82, 2.24) is 9.88 Å². The maximum absolute atomic E-state index is 12.4. The Kier molecular flexibility index (Phi) is 4.05. The van der Waals surface area contributed by atoms with Crippen molar-refractivity contribution in [2.24, 2.45) is 0 Å². The Morgan fingerprint density at radius 1 is 1.00 bits per heavy atom. The van der Waals surface area contributed by atoms with Crippen molar-refractivity contribution in [3.05, 3.63) is 69.3 Å². The van der Waals surface area contributed by atoms with E-state index in [0.717, 1.165) is 10.6 Å². The minimum Gasteiger partial charge on any atom is -0.469 e. The van der Waals surface area contributed by atoms with Gasteiger partial charge in [-0.25, -0.2) is 9.88 Å². The van der Waals surface area contributed by atoms with Gasteiger partial charge in [-0.1, -0.05) is 35.3 Å². The van der Waals surface area contributed by atoms with Gasteiger partial charge in [0.15, 0.2) is 12.5 Å². The quantitative estimate of drug-likeness (QED) is 0.622. The van der Waals surface area contributed by atoms with Gasteiger partial charge in [0, 0.05) is 11.1 Å². The van der Waals surface area contributed by atoms with Gasteiger partial charge in [-0.15, -0.1) is 0 Å². The second-order valence-corrected chi connectivity index (χ2v) is 6.69. The number of fused-ring (bicyclic) bond motifs is 2. The fourth-order valence-electron chi connectivity index (χ4n) is 2.91. The van der Waals surface area contributed by atoms with Crippen molar-refractivity contribution in [3.63, 3.8) is 0 Å².